The van der Waals surface area contributed by atoms with Crippen LogP contribution in [-0.2, 0) is 11.3 Å². The molecule has 2 aromatic carbocycles. The Balaban J connectivity index is 1.41. The molecule has 1 aromatic heterocycles. The van der Waals surface area contributed by atoms with Crippen LogP contribution in [0.15, 0.2) is 59.2 Å². The van der Waals surface area contributed by atoms with Gasteiger partial charge < -0.3 is 14.5 Å². The normalized spacial score (nSPS) is 18.5. The molecule has 2 atom stereocenters. The van der Waals surface area contributed by atoms with Crippen LogP contribution in [0.5, 0.6) is 0 Å². The monoisotopic (exact) mass is 391 g/mol. The molecule has 2 heterocycles. The number of aryl methyl sites for hydroxylation is 2. The van der Waals surface area contributed by atoms with Gasteiger partial charge in [0.15, 0.2) is 0 Å². The topological polar surface area (TPSA) is 50.5 Å². The van der Waals surface area contributed by atoms with E-state index < -0.39 is 0 Å². The average molecular weight is 392 g/mol. The van der Waals surface area contributed by atoms with Gasteiger partial charge in [-0.1, -0.05) is 36.4 Å². The summed E-state index contributed by atoms with van der Waals surface area (Å²) in [6, 6.07) is 17.1. The number of aromatic nitrogens is 1. The molecule has 0 bridgehead atoms. The van der Waals surface area contributed by atoms with Crippen LogP contribution >= 0.6 is 0 Å². The van der Waals surface area contributed by atoms with Gasteiger partial charge in [0, 0.05) is 30.9 Å². The van der Waals surface area contributed by atoms with Crippen LogP contribution in [0.25, 0.3) is 11.5 Å². The molecule has 1 aliphatic heterocycles. The van der Waals surface area contributed by atoms with Crippen molar-refractivity contribution in [2.24, 2.45) is 0 Å². The van der Waals surface area contributed by atoms with Crippen LogP contribution in [0.2, 0.25) is 0 Å². The van der Waals surface area contributed by atoms with Crippen molar-refractivity contribution in [3.05, 3.63) is 71.6 Å². The van der Waals surface area contributed by atoms with E-state index >= 15 is 0 Å². The molecule has 0 aliphatic carbocycles. The number of rotatable bonds is 6. The first-order valence-corrected chi connectivity index (χ1v) is 10.3. The van der Waals surface area contributed by atoms with Gasteiger partial charge in [-0.25, -0.2) is 4.98 Å². The number of benzene rings is 2. The third kappa shape index (κ3) is 4.86. The summed E-state index contributed by atoms with van der Waals surface area (Å²) in [5, 5.41) is 3.62. The predicted molar refractivity (Wildman–Crippen MR) is 116 cm³/mol. The maximum Gasteiger partial charge on any atom is 0.226 e. The fourth-order valence-corrected chi connectivity index (χ4v) is 3.80. The number of hydrogen-bond donors (Lipinski definition) is 1. The molecule has 2 unspecified atom stereocenters. The molecule has 1 aliphatic rings. The third-order valence-electron chi connectivity index (χ3n) is 5.47. The lowest BCUT2D eigenvalue weighted by atomic mass is 10.1. The van der Waals surface area contributed by atoms with E-state index in [1.54, 1.807) is 6.26 Å². The molecule has 1 saturated heterocycles. The van der Waals surface area contributed by atoms with Gasteiger partial charge >= 0.3 is 0 Å². The van der Waals surface area contributed by atoms with Crippen molar-refractivity contribution >= 4 is 5.69 Å². The molecule has 1 N–H and O–H groups in total. The van der Waals surface area contributed by atoms with Crippen molar-refractivity contribution < 1.29 is 9.15 Å². The van der Waals surface area contributed by atoms with Gasteiger partial charge in [0.05, 0.1) is 24.4 Å². The van der Waals surface area contributed by atoms with Crippen molar-refractivity contribution in [3.63, 3.8) is 0 Å². The third-order valence-corrected chi connectivity index (χ3v) is 5.47. The molecule has 152 valence electrons. The van der Waals surface area contributed by atoms with Crippen molar-refractivity contribution in [2.75, 3.05) is 25.0 Å². The molecule has 5 nitrogen and oxygen atoms in total. The summed E-state index contributed by atoms with van der Waals surface area (Å²) in [5.74, 6) is 0.666. The van der Waals surface area contributed by atoms with E-state index in [1.807, 2.05) is 6.92 Å². The first-order chi connectivity index (χ1) is 14.1. The predicted octanol–water partition coefficient (Wildman–Crippen LogP) is 4.66. The fraction of sp³-hybridized carbons (Fsp3) is 0.375. The number of hydrogen-bond acceptors (Lipinski definition) is 5. The van der Waals surface area contributed by atoms with Gasteiger partial charge in [0.1, 0.15) is 6.26 Å². The largest absolute Gasteiger partial charge is 0.444 e. The fourth-order valence-electron chi connectivity index (χ4n) is 3.80. The van der Waals surface area contributed by atoms with Crippen LogP contribution in [-0.4, -0.2) is 41.7 Å². The standard InChI is InChI=1S/C24H29N3O2/c1-17-9-10-21(13-22(17)24-25-18(2)16-29-24)26-19(3)23-15-27(11-12-28-23)14-20-7-5-4-6-8-20/h4-10,13,16,19,23,26H,11-12,14-15H2,1-3H3. The Hall–Kier alpha value is -2.63. The van der Waals surface area contributed by atoms with Crippen LogP contribution < -0.4 is 5.32 Å². The highest BCUT2D eigenvalue weighted by Crippen LogP contribution is 2.27. The molecule has 0 radical (unpaired) electrons. The molecule has 0 saturated carbocycles. The van der Waals surface area contributed by atoms with Crippen LogP contribution in [0.3, 0.4) is 0 Å². The smallest absolute Gasteiger partial charge is 0.226 e. The number of anilines is 1. The molecule has 1 fully saturated rings. The summed E-state index contributed by atoms with van der Waals surface area (Å²) in [6.07, 6.45) is 1.83. The minimum atomic E-state index is 0.140. The van der Waals surface area contributed by atoms with Gasteiger partial charge in [0.2, 0.25) is 5.89 Å². The van der Waals surface area contributed by atoms with E-state index in [9.17, 15) is 0 Å². The zero-order valence-electron chi connectivity index (χ0n) is 17.4. The maximum atomic E-state index is 6.09. The zero-order valence-corrected chi connectivity index (χ0v) is 17.4. The van der Waals surface area contributed by atoms with E-state index in [4.69, 9.17) is 9.15 Å². The summed E-state index contributed by atoms with van der Waals surface area (Å²) in [4.78, 5) is 6.95. The van der Waals surface area contributed by atoms with Crippen LogP contribution in [0.1, 0.15) is 23.7 Å². The van der Waals surface area contributed by atoms with E-state index in [1.165, 1.54) is 5.56 Å². The number of morpholine rings is 1. The van der Waals surface area contributed by atoms with Gasteiger partial charge in [0.25, 0.3) is 0 Å². The Morgan fingerprint density at radius 1 is 1.17 bits per heavy atom. The molecule has 0 spiro atoms. The first kappa shape index (κ1) is 19.7. The average Bonchev–Trinajstić information content (AvgIpc) is 3.16. The van der Waals surface area contributed by atoms with E-state index in [-0.39, 0.29) is 12.1 Å². The van der Waals surface area contributed by atoms with Gasteiger partial charge in [-0.05, 0) is 44.0 Å². The lowest BCUT2D eigenvalue weighted by Crippen LogP contribution is -2.48. The second kappa shape index (κ2) is 8.80. The van der Waals surface area contributed by atoms with Crippen LogP contribution in [0.4, 0.5) is 5.69 Å². The number of nitrogens with one attached hydrogen (secondary N) is 1. The highest BCUT2D eigenvalue weighted by atomic mass is 16.5. The molecular weight excluding hydrogens is 362 g/mol. The minimum Gasteiger partial charge on any atom is -0.444 e. The second-order valence-corrected chi connectivity index (χ2v) is 7.89. The van der Waals surface area contributed by atoms with E-state index in [0.29, 0.717) is 5.89 Å². The zero-order chi connectivity index (χ0) is 20.2. The molecule has 4 rings (SSSR count). The molecule has 3 aromatic rings. The Bertz CT molecular complexity index is 938. The Kier molecular flexibility index (Phi) is 5.97. The molecule has 5 heteroatoms. The summed E-state index contributed by atoms with van der Waals surface area (Å²) >= 11 is 0. The first-order valence-electron chi connectivity index (χ1n) is 10.3. The molecule has 29 heavy (non-hydrogen) atoms. The van der Waals surface area contributed by atoms with Gasteiger partial charge in [-0.3, -0.25) is 4.90 Å². The van der Waals surface area contributed by atoms with Crippen molar-refractivity contribution in [2.45, 2.75) is 39.5 Å². The molecule has 0 amide bonds. The van der Waals surface area contributed by atoms with Crippen LogP contribution in [0, 0.1) is 13.8 Å². The SMILES string of the molecule is Cc1coc(-c2cc(NC(C)C3CN(Cc4ccccc4)CCO3)ccc2C)n1. The van der Waals surface area contributed by atoms with Gasteiger partial charge in [-0.2, -0.15) is 0 Å². The van der Waals surface area contributed by atoms with Gasteiger partial charge in [-0.15, -0.1) is 0 Å². The second-order valence-electron chi connectivity index (χ2n) is 7.89. The quantitative estimate of drug-likeness (QED) is 0.662. The van der Waals surface area contributed by atoms with Crippen molar-refractivity contribution in [3.8, 4) is 11.5 Å². The lowest BCUT2D eigenvalue weighted by Gasteiger charge is -2.36. The Morgan fingerprint density at radius 2 is 2.00 bits per heavy atom. The van der Waals surface area contributed by atoms with Crippen molar-refractivity contribution in [1.29, 1.82) is 0 Å². The van der Waals surface area contributed by atoms with E-state index in [0.717, 1.165) is 48.7 Å². The number of nitrogens with zero attached hydrogens (tertiary/aromatic N) is 2. The summed E-state index contributed by atoms with van der Waals surface area (Å²) < 4.78 is 11.7. The summed E-state index contributed by atoms with van der Waals surface area (Å²) in [7, 11) is 0. The summed E-state index contributed by atoms with van der Waals surface area (Å²) in [5.41, 5.74) is 5.45. The lowest BCUT2D eigenvalue weighted by molar-refractivity contribution is -0.0373. The summed E-state index contributed by atoms with van der Waals surface area (Å²) in [6.45, 7) is 9.81. The Morgan fingerprint density at radius 3 is 2.76 bits per heavy atom. The van der Waals surface area contributed by atoms with E-state index in [2.05, 4.69) is 77.6 Å². The minimum absolute atomic E-state index is 0.140. The van der Waals surface area contributed by atoms with Crippen molar-refractivity contribution in [1.82, 2.24) is 9.88 Å². The Labute approximate surface area is 172 Å². The number of ether oxygens (including phenoxy) is 1. The number of oxazole rings is 1. The highest BCUT2D eigenvalue weighted by Gasteiger charge is 2.25. The molecular formula is C24H29N3O2. The maximum absolute atomic E-state index is 6.09. The highest BCUT2D eigenvalue weighted by molar-refractivity contribution is 5.65.